The van der Waals surface area contributed by atoms with Crippen molar-refractivity contribution < 1.29 is 9.90 Å². The lowest BCUT2D eigenvalue weighted by atomic mass is 10.5. The Morgan fingerprint density at radius 1 is 1.83 bits per heavy atom. The molecule has 0 aromatic heterocycles. The third-order valence-electron chi connectivity index (χ3n) is 1.16. The molecule has 0 saturated heterocycles. The van der Waals surface area contributed by atoms with E-state index >= 15 is 0 Å². The van der Waals surface area contributed by atoms with Gasteiger partial charge in [0.1, 0.15) is 12.4 Å². The fourth-order valence-electron chi connectivity index (χ4n) is 0.532. The molecule has 0 aliphatic carbocycles. The number of aliphatic carboxylic acids is 1. The number of hydrogen-bond acceptors (Lipinski definition) is 3. The molecule has 5 nitrogen and oxygen atoms in total. The van der Waals surface area contributed by atoms with Gasteiger partial charge in [-0.2, -0.15) is 0 Å². The van der Waals surface area contributed by atoms with Crippen LogP contribution in [0.5, 0.6) is 0 Å². The number of carboxylic acid groups (broad SMARTS) is 1. The fraction of sp³-hybridized carbons (Fsp3) is 0.429. The molecule has 0 amide bonds. The van der Waals surface area contributed by atoms with E-state index in [0.29, 0.717) is 5.82 Å². The van der Waals surface area contributed by atoms with Crippen molar-refractivity contribution in [2.24, 2.45) is 4.99 Å². The van der Waals surface area contributed by atoms with Gasteiger partial charge in [-0.15, -0.1) is 0 Å². The maximum absolute atomic E-state index is 10.2. The topological polar surface area (TPSA) is 64.9 Å². The average molecular weight is 171 g/mol. The zero-order valence-corrected chi connectivity index (χ0v) is 7.24. The van der Waals surface area contributed by atoms with Gasteiger partial charge >= 0.3 is 5.97 Å². The van der Waals surface area contributed by atoms with E-state index in [2.05, 4.69) is 16.9 Å². The molecule has 0 unspecified atom stereocenters. The number of nitrogens with zero attached hydrogens (tertiary/aromatic N) is 2. The minimum Gasteiger partial charge on any atom is -0.480 e. The van der Waals surface area contributed by atoms with E-state index in [1.807, 2.05) is 0 Å². The van der Waals surface area contributed by atoms with Gasteiger partial charge in [0.15, 0.2) is 0 Å². The van der Waals surface area contributed by atoms with Gasteiger partial charge in [-0.1, -0.05) is 6.58 Å². The highest BCUT2D eigenvalue weighted by atomic mass is 16.4. The molecule has 0 spiro atoms. The Kier molecular flexibility index (Phi) is 4.52. The summed E-state index contributed by atoms with van der Waals surface area (Å²) in [6.07, 6.45) is 1.45. The number of carbonyl (C=O) groups is 1. The summed E-state index contributed by atoms with van der Waals surface area (Å²) in [4.78, 5) is 15.5. The molecule has 0 aromatic carbocycles. The summed E-state index contributed by atoms with van der Waals surface area (Å²) in [5, 5.41) is 11.1. The molecule has 0 aromatic rings. The highest BCUT2D eigenvalue weighted by molar-refractivity contribution is 5.69. The molecule has 2 N–H and O–H groups in total. The van der Waals surface area contributed by atoms with E-state index in [1.54, 1.807) is 14.1 Å². The molecule has 68 valence electrons. The third-order valence-corrected chi connectivity index (χ3v) is 1.16. The van der Waals surface area contributed by atoms with Crippen molar-refractivity contribution in [1.82, 2.24) is 10.2 Å². The van der Waals surface area contributed by atoms with Crippen LogP contribution in [0.15, 0.2) is 17.4 Å². The standard InChI is InChI=1S/C7H13N3O2/c1-6(9-5-8-2)10(3)4-7(11)12/h5H,1,4H2,2-3H3,(H,8,9)(H,11,12). The minimum atomic E-state index is -0.904. The molecule has 0 fully saturated rings. The summed E-state index contributed by atoms with van der Waals surface area (Å²) in [6, 6.07) is 0. The van der Waals surface area contributed by atoms with Crippen molar-refractivity contribution in [3.63, 3.8) is 0 Å². The summed E-state index contributed by atoms with van der Waals surface area (Å²) in [7, 11) is 3.32. The number of hydrogen-bond donors (Lipinski definition) is 2. The van der Waals surface area contributed by atoms with Crippen molar-refractivity contribution >= 4 is 12.3 Å². The molecule has 0 saturated carbocycles. The number of likely N-dealkylation sites (N-methyl/N-ethyl adjacent to an activating group) is 1. The first kappa shape index (κ1) is 10.5. The van der Waals surface area contributed by atoms with Crippen LogP contribution in [0, 0.1) is 0 Å². The van der Waals surface area contributed by atoms with Gasteiger partial charge in [0.2, 0.25) is 0 Å². The van der Waals surface area contributed by atoms with Crippen molar-refractivity contribution in [1.29, 1.82) is 0 Å². The smallest absolute Gasteiger partial charge is 0.323 e. The van der Waals surface area contributed by atoms with E-state index in [-0.39, 0.29) is 6.54 Å². The molecule has 0 atom stereocenters. The van der Waals surface area contributed by atoms with Crippen LogP contribution in [0.25, 0.3) is 0 Å². The minimum absolute atomic E-state index is 0.0973. The van der Waals surface area contributed by atoms with Crippen LogP contribution >= 0.6 is 0 Å². The summed E-state index contributed by atoms with van der Waals surface area (Å²) in [6.45, 7) is 3.47. The highest BCUT2D eigenvalue weighted by Crippen LogP contribution is 1.97. The molecule has 5 heteroatoms. The Morgan fingerprint density at radius 2 is 2.42 bits per heavy atom. The third kappa shape index (κ3) is 4.32. The number of nitrogens with one attached hydrogen (secondary N) is 1. The monoisotopic (exact) mass is 171 g/mol. The van der Waals surface area contributed by atoms with E-state index < -0.39 is 5.97 Å². The predicted molar refractivity (Wildman–Crippen MR) is 47.0 cm³/mol. The Labute approximate surface area is 71.4 Å². The Balaban J connectivity index is 3.93. The second-order valence-electron chi connectivity index (χ2n) is 2.21. The fourth-order valence-corrected chi connectivity index (χ4v) is 0.532. The van der Waals surface area contributed by atoms with E-state index in [0.717, 1.165) is 0 Å². The lowest BCUT2D eigenvalue weighted by Crippen LogP contribution is -2.24. The van der Waals surface area contributed by atoms with Crippen LogP contribution in [0.2, 0.25) is 0 Å². The number of rotatable bonds is 5. The Hall–Kier alpha value is -1.52. The first-order chi connectivity index (χ1) is 5.57. The van der Waals surface area contributed by atoms with Crippen LogP contribution in [0.4, 0.5) is 0 Å². The van der Waals surface area contributed by atoms with Gasteiger partial charge in [0.25, 0.3) is 0 Å². The average Bonchev–Trinajstić information content (AvgIpc) is 1.98. The van der Waals surface area contributed by atoms with Crippen LogP contribution in [-0.2, 0) is 4.79 Å². The van der Waals surface area contributed by atoms with Crippen LogP contribution < -0.4 is 5.32 Å². The molecule has 0 aliphatic rings. The lowest BCUT2D eigenvalue weighted by molar-refractivity contribution is -0.137. The maximum atomic E-state index is 10.2. The first-order valence-electron chi connectivity index (χ1n) is 3.39. The summed E-state index contributed by atoms with van der Waals surface area (Å²) in [5.74, 6) is -0.495. The van der Waals surface area contributed by atoms with Crippen LogP contribution in [-0.4, -0.2) is 43.0 Å². The number of carboxylic acids is 1. The SMILES string of the molecule is C=C(/N=C\NC)N(C)CC(=O)O. The van der Waals surface area contributed by atoms with Gasteiger partial charge in [0.05, 0.1) is 6.34 Å². The van der Waals surface area contributed by atoms with Crippen LogP contribution in [0.3, 0.4) is 0 Å². The molecule has 0 radical (unpaired) electrons. The van der Waals surface area contributed by atoms with Crippen molar-refractivity contribution in [3.05, 3.63) is 12.4 Å². The first-order valence-corrected chi connectivity index (χ1v) is 3.39. The highest BCUT2D eigenvalue weighted by Gasteiger charge is 2.03. The molecule has 12 heavy (non-hydrogen) atoms. The second-order valence-corrected chi connectivity index (χ2v) is 2.21. The van der Waals surface area contributed by atoms with E-state index in [1.165, 1.54) is 11.2 Å². The van der Waals surface area contributed by atoms with Crippen molar-refractivity contribution in [2.45, 2.75) is 0 Å². The normalized spacial score (nSPS) is 9.83. The quantitative estimate of drug-likeness (QED) is 0.441. The summed E-state index contributed by atoms with van der Waals surface area (Å²) in [5.41, 5.74) is 0. The Morgan fingerprint density at radius 3 is 2.83 bits per heavy atom. The maximum Gasteiger partial charge on any atom is 0.323 e. The predicted octanol–water partition coefficient (Wildman–Crippen LogP) is -0.278. The zero-order chi connectivity index (χ0) is 9.56. The van der Waals surface area contributed by atoms with Gasteiger partial charge < -0.3 is 15.3 Å². The van der Waals surface area contributed by atoms with Gasteiger partial charge in [-0.05, 0) is 0 Å². The second kappa shape index (κ2) is 5.17. The Bertz CT molecular complexity index is 201. The molecule has 0 heterocycles. The van der Waals surface area contributed by atoms with E-state index in [9.17, 15) is 4.79 Å². The molecule has 0 bridgehead atoms. The van der Waals surface area contributed by atoms with Gasteiger partial charge in [-0.25, -0.2) is 4.99 Å². The largest absolute Gasteiger partial charge is 0.480 e. The molecule has 0 rings (SSSR count). The molecular formula is C7H13N3O2. The number of aliphatic imine (C=N–C) groups is 1. The molecule has 0 aliphatic heterocycles. The zero-order valence-electron chi connectivity index (χ0n) is 7.24. The summed E-state index contributed by atoms with van der Waals surface area (Å²) >= 11 is 0. The lowest BCUT2D eigenvalue weighted by Gasteiger charge is -2.14. The molecular weight excluding hydrogens is 158 g/mol. The van der Waals surface area contributed by atoms with Gasteiger partial charge in [-0.3, -0.25) is 4.79 Å². The summed E-state index contributed by atoms with van der Waals surface area (Å²) < 4.78 is 0. The van der Waals surface area contributed by atoms with Gasteiger partial charge in [0, 0.05) is 14.1 Å². The van der Waals surface area contributed by atoms with E-state index in [4.69, 9.17) is 5.11 Å². The van der Waals surface area contributed by atoms with Crippen molar-refractivity contribution in [3.8, 4) is 0 Å². The van der Waals surface area contributed by atoms with Crippen LogP contribution in [0.1, 0.15) is 0 Å². The van der Waals surface area contributed by atoms with Crippen molar-refractivity contribution in [2.75, 3.05) is 20.6 Å².